The van der Waals surface area contributed by atoms with Crippen molar-refractivity contribution in [2.45, 2.75) is 33.2 Å². The van der Waals surface area contributed by atoms with Crippen molar-refractivity contribution in [2.24, 2.45) is 10.5 Å². The van der Waals surface area contributed by atoms with Crippen LogP contribution in [0.3, 0.4) is 0 Å². The van der Waals surface area contributed by atoms with E-state index in [4.69, 9.17) is 0 Å². The summed E-state index contributed by atoms with van der Waals surface area (Å²) in [6.45, 7) is 5.45. The number of halogens is 1. The molecule has 154 valence electrons. The van der Waals surface area contributed by atoms with Crippen LogP contribution >= 0.6 is 0 Å². The predicted molar refractivity (Wildman–Crippen MR) is 112 cm³/mol. The highest BCUT2D eigenvalue weighted by molar-refractivity contribution is 7.92. The van der Waals surface area contributed by atoms with Gasteiger partial charge in [-0.25, -0.2) is 17.8 Å². The minimum atomic E-state index is -3.36. The summed E-state index contributed by atoms with van der Waals surface area (Å²) in [5, 5.41) is 5.99. The zero-order chi connectivity index (χ0) is 21.4. The van der Waals surface area contributed by atoms with Crippen LogP contribution in [0.1, 0.15) is 44.4 Å². The van der Waals surface area contributed by atoms with Crippen LogP contribution in [0.4, 0.5) is 10.1 Å². The van der Waals surface area contributed by atoms with Gasteiger partial charge in [-0.05, 0) is 35.4 Å². The predicted octanol–water partition coefficient (Wildman–Crippen LogP) is 3.92. The lowest BCUT2D eigenvalue weighted by atomic mass is 9.93. The van der Waals surface area contributed by atoms with Gasteiger partial charge in [0.05, 0.1) is 18.0 Å². The van der Waals surface area contributed by atoms with Crippen LogP contribution in [0, 0.1) is 11.2 Å². The Hall–Kier alpha value is -2.74. The SMILES string of the molecule is CC(C)(C)C(=O)N1N=C(c2ccc(NS(C)(=O)=O)cc2)C[C@@H]1c1cccc(F)c1. The minimum absolute atomic E-state index is 0.155. The maximum Gasteiger partial charge on any atom is 0.248 e. The van der Waals surface area contributed by atoms with E-state index in [-0.39, 0.29) is 11.7 Å². The molecule has 0 radical (unpaired) electrons. The van der Waals surface area contributed by atoms with Gasteiger partial charge in [0, 0.05) is 17.5 Å². The third-order valence-electron chi connectivity index (χ3n) is 4.51. The van der Waals surface area contributed by atoms with E-state index in [1.807, 2.05) is 20.8 Å². The van der Waals surface area contributed by atoms with Crippen LogP contribution in [0.2, 0.25) is 0 Å². The van der Waals surface area contributed by atoms with Gasteiger partial charge in [-0.1, -0.05) is 45.0 Å². The second-order valence-electron chi connectivity index (χ2n) is 8.17. The number of anilines is 1. The Bertz CT molecular complexity index is 1060. The molecule has 3 rings (SSSR count). The normalized spacial score (nSPS) is 17.2. The standard InChI is InChI=1S/C21H24FN3O3S/c1-21(2,3)20(26)25-19(15-6-5-7-16(22)12-15)13-18(23-25)14-8-10-17(11-9-14)24-29(4,27)28/h5-12,19,24H,13H2,1-4H3/t19-/m1/s1. The number of nitrogens with zero attached hydrogens (tertiary/aromatic N) is 2. The molecule has 1 aliphatic heterocycles. The Morgan fingerprint density at radius 3 is 2.38 bits per heavy atom. The van der Waals surface area contributed by atoms with Crippen molar-refractivity contribution in [2.75, 3.05) is 11.0 Å². The summed E-state index contributed by atoms with van der Waals surface area (Å²) < 4.78 is 38.9. The fourth-order valence-corrected chi connectivity index (χ4v) is 3.70. The summed E-state index contributed by atoms with van der Waals surface area (Å²) in [6.07, 6.45) is 1.52. The van der Waals surface area contributed by atoms with Gasteiger partial charge in [0.15, 0.2) is 0 Å². The van der Waals surface area contributed by atoms with Gasteiger partial charge >= 0.3 is 0 Å². The van der Waals surface area contributed by atoms with E-state index >= 15 is 0 Å². The Morgan fingerprint density at radius 1 is 1.17 bits per heavy atom. The summed E-state index contributed by atoms with van der Waals surface area (Å²) in [5.74, 6) is -0.521. The molecule has 0 fully saturated rings. The van der Waals surface area contributed by atoms with Gasteiger partial charge in [0.1, 0.15) is 5.82 Å². The molecule has 0 spiro atoms. The molecule has 29 heavy (non-hydrogen) atoms. The van der Waals surface area contributed by atoms with Crippen molar-refractivity contribution in [1.29, 1.82) is 0 Å². The fourth-order valence-electron chi connectivity index (χ4n) is 3.13. The second kappa shape index (κ2) is 7.59. The van der Waals surface area contributed by atoms with Gasteiger partial charge in [-0.15, -0.1) is 0 Å². The van der Waals surface area contributed by atoms with Crippen molar-refractivity contribution >= 4 is 27.3 Å². The molecule has 1 heterocycles. The largest absolute Gasteiger partial charge is 0.284 e. The van der Waals surface area contributed by atoms with Gasteiger partial charge in [-0.2, -0.15) is 5.10 Å². The van der Waals surface area contributed by atoms with Crippen molar-refractivity contribution in [3.05, 3.63) is 65.5 Å². The first-order valence-electron chi connectivity index (χ1n) is 9.19. The number of hydrogen-bond donors (Lipinski definition) is 1. The third kappa shape index (κ3) is 5.00. The van der Waals surface area contributed by atoms with E-state index in [0.29, 0.717) is 23.4 Å². The quantitative estimate of drug-likeness (QED) is 0.819. The minimum Gasteiger partial charge on any atom is -0.284 e. The molecule has 0 saturated carbocycles. The number of sulfonamides is 1. The van der Waals surface area contributed by atoms with Crippen molar-refractivity contribution in [3.63, 3.8) is 0 Å². The number of amides is 1. The lowest BCUT2D eigenvalue weighted by Crippen LogP contribution is -2.36. The number of carbonyl (C=O) groups is 1. The Balaban J connectivity index is 1.94. The zero-order valence-corrected chi connectivity index (χ0v) is 17.6. The van der Waals surface area contributed by atoms with E-state index in [9.17, 15) is 17.6 Å². The first kappa shape index (κ1) is 21.0. The monoisotopic (exact) mass is 417 g/mol. The molecule has 0 unspecified atom stereocenters. The topological polar surface area (TPSA) is 78.8 Å². The van der Waals surface area contributed by atoms with Gasteiger partial charge in [-0.3, -0.25) is 9.52 Å². The van der Waals surface area contributed by atoms with Gasteiger partial charge < -0.3 is 0 Å². The number of hydrazone groups is 1. The average Bonchev–Trinajstić information content (AvgIpc) is 3.04. The second-order valence-corrected chi connectivity index (χ2v) is 9.92. The highest BCUT2D eigenvalue weighted by Crippen LogP contribution is 2.36. The van der Waals surface area contributed by atoms with E-state index in [1.165, 1.54) is 17.1 Å². The Morgan fingerprint density at radius 2 is 1.83 bits per heavy atom. The fraction of sp³-hybridized carbons (Fsp3) is 0.333. The molecule has 0 saturated heterocycles. The number of rotatable bonds is 4. The zero-order valence-electron chi connectivity index (χ0n) is 16.8. The summed E-state index contributed by atoms with van der Waals surface area (Å²) in [5.41, 5.74) is 1.93. The first-order valence-corrected chi connectivity index (χ1v) is 11.1. The average molecular weight is 418 g/mol. The van der Waals surface area contributed by atoms with Crippen LogP contribution in [-0.2, 0) is 14.8 Å². The summed E-state index contributed by atoms with van der Waals surface area (Å²) in [4.78, 5) is 13.0. The first-order chi connectivity index (χ1) is 13.4. The molecule has 1 atom stereocenters. The molecule has 2 aromatic rings. The van der Waals surface area contributed by atoms with E-state index in [2.05, 4.69) is 9.82 Å². The molecule has 2 aromatic carbocycles. The van der Waals surface area contributed by atoms with E-state index in [0.717, 1.165) is 11.8 Å². The number of benzene rings is 2. The third-order valence-corrected chi connectivity index (χ3v) is 5.12. The van der Waals surface area contributed by atoms with Gasteiger partial charge in [0.25, 0.3) is 0 Å². The molecule has 6 nitrogen and oxygen atoms in total. The summed E-state index contributed by atoms with van der Waals surface area (Å²) in [6, 6.07) is 12.6. The Kier molecular flexibility index (Phi) is 5.49. The van der Waals surface area contributed by atoms with Crippen LogP contribution in [0.5, 0.6) is 0 Å². The molecule has 0 bridgehead atoms. The van der Waals surface area contributed by atoms with Crippen molar-refractivity contribution in [1.82, 2.24) is 5.01 Å². The Labute approximate surface area is 170 Å². The van der Waals surface area contributed by atoms with Crippen LogP contribution in [0.25, 0.3) is 0 Å². The van der Waals surface area contributed by atoms with E-state index in [1.54, 1.807) is 36.4 Å². The van der Waals surface area contributed by atoms with Crippen LogP contribution < -0.4 is 4.72 Å². The maximum atomic E-state index is 13.8. The molecule has 1 amide bonds. The molecule has 1 aliphatic rings. The smallest absolute Gasteiger partial charge is 0.248 e. The van der Waals surface area contributed by atoms with Crippen LogP contribution in [0.15, 0.2) is 53.6 Å². The highest BCUT2D eigenvalue weighted by atomic mass is 32.2. The summed E-state index contributed by atoms with van der Waals surface area (Å²) in [7, 11) is -3.36. The molecular weight excluding hydrogens is 393 g/mol. The molecule has 8 heteroatoms. The summed E-state index contributed by atoms with van der Waals surface area (Å²) >= 11 is 0. The number of nitrogens with one attached hydrogen (secondary N) is 1. The highest BCUT2D eigenvalue weighted by Gasteiger charge is 2.38. The van der Waals surface area contributed by atoms with Crippen LogP contribution in [-0.4, -0.2) is 31.3 Å². The molecular formula is C21H24FN3O3S. The molecule has 0 aromatic heterocycles. The lowest BCUT2D eigenvalue weighted by Gasteiger charge is -2.28. The lowest BCUT2D eigenvalue weighted by molar-refractivity contribution is -0.141. The molecule has 1 N–H and O–H groups in total. The molecule has 0 aliphatic carbocycles. The van der Waals surface area contributed by atoms with E-state index < -0.39 is 21.5 Å². The van der Waals surface area contributed by atoms with Crippen molar-refractivity contribution < 1.29 is 17.6 Å². The van der Waals surface area contributed by atoms with Crippen molar-refractivity contribution in [3.8, 4) is 0 Å². The maximum absolute atomic E-state index is 13.8. The van der Waals surface area contributed by atoms with Gasteiger partial charge in [0.2, 0.25) is 15.9 Å². The number of carbonyl (C=O) groups excluding carboxylic acids is 1. The number of hydrogen-bond acceptors (Lipinski definition) is 4.